The molecule has 61 heavy (non-hydrogen) atoms. The van der Waals surface area contributed by atoms with Crippen LogP contribution in [0.25, 0.3) is 110 Å². The van der Waals surface area contributed by atoms with E-state index < -0.39 is 0 Å². The minimum atomic E-state index is 0.563. The lowest BCUT2D eigenvalue weighted by molar-refractivity contribution is 1.07. The van der Waals surface area contributed by atoms with Crippen LogP contribution in [0.3, 0.4) is 0 Å². The number of rotatable bonds is 8. The lowest BCUT2D eigenvalue weighted by Crippen LogP contribution is -2.01. The fraction of sp³-hybridized carbons (Fsp3) is 0. The van der Waals surface area contributed by atoms with Gasteiger partial charge in [0, 0.05) is 37.9 Å². The van der Waals surface area contributed by atoms with E-state index in [4.69, 9.17) is 24.9 Å². The molecule has 0 bridgehead atoms. The van der Waals surface area contributed by atoms with E-state index >= 15 is 0 Å². The van der Waals surface area contributed by atoms with Gasteiger partial charge in [-0.1, -0.05) is 176 Å². The summed E-state index contributed by atoms with van der Waals surface area (Å²) in [5.41, 5.74) is 13.0. The summed E-state index contributed by atoms with van der Waals surface area (Å²) >= 11 is 1.74. The van der Waals surface area contributed by atoms with Crippen LogP contribution >= 0.6 is 11.3 Å². The van der Waals surface area contributed by atoms with Crippen molar-refractivity contribution in [1.29, 1.82) is 0 Å². The average molecular weight is 798 g/mol. The molecule has 0 spiro atoms. The lowest BCUT2D eigenvalue weighted by Gasteiger charge is -2.14. The number of hydrogen-bond donors (Lipinski definition) is 0. The predicted molar refractivity (Wildman–Crippen MR) is 252 cm³/mol. The first-order chi connectivity index (χ1) is 30.2. The molecule has 5 nitrogen and oxygen atoms in total. The average Bonchev–Trinajstić information content (AvgIpc) is 3.73. The van der Waals surface area contributed by atoms with E-state index in [9.17, 15) is 0 Å². The van der Waals surface area contributed by atoms with Crippen LogP contribution in [-0.2, 0) is 0 Å². The molecule has 0 aliphatic rings. The molecule has 11 rings (SSSR count). The Labute approximate surface area is 357 Å². The van der Waals surface area contributed by atoms with E-state index in [2.05, 4.69) is 140 Å². The summed E-state index contributed by atoms with van der Waals surface area (Å²) in [6.07, 6.45) is 0. The number of benzene rings is 8. The zero-order valence-electron chi connectivity index (χ0n) is 32.9. The van der Waals surface area contributed by atoms with Gasteiger partial charge in [0.05, 0.1) is 15.9 Å². The zero-order valence-corrected chi connectivity index (χ0v) is 33.7. The van der Waals surface area contributed by atoms with Crippen LogP contribution < -0.4 is 0 Å². The van der Waals surface area contributed by atoms with E-state index in [0.717, 1.165) is 82.5 Å². The molecule has 0 amide bonds. The van der Waals surface area contributed by atoms with Gasteiger partial charge in [-0.2, -0.15) is 0 Å². The molecule has 0 aliphatic heterocycles. The Kier molecular flexibility index (Phi) is 9.30. The molecule has 0 radical (unpaired) electrons. The van der Waals surface area contributed by atoms with Crippen LogP contribution in [0.1, 0.15) is 0 Å². The highest BCUT2D eigenvalue weighted by molar-refractivity contribution is 7.26. The third-order valence-electron chi connectivity index (χ3n) is 10.9. The Morgan fingerprint density at radius 3 is 1.20 bits per heavy atom. The Morgan fingerprint density at radius 2 is 0.639 bits per heavy atom. The predicted octanol–water partition coefficient (Wildman–Crippen LogP) is 14.4. The standard InChI is InChI=1S/C55H35N5S/c1-5-17-36(18-6-1)40-25-15-27-42(31-40)44-33-45(35-46(34-44)55-59-52(38-21-9-3-10-22-38)58-53(60-55)39-23-11-4-12-24-39)54-56-49(51-50(57-54)47-29-13-14-30-48(47)61-51)43-28-16-26-41(32-43)37-19-7-2-8-20-37/h1-35H. The SMILES string of the molecule is c1ccc(-c2cccc(-c3cc(-c4nc(-c5ccccc5)nc(-c5ccccc5)n4)cc(-c4nc(-c5cccc(-c6ccccc6)c5)c5sc6ccccc6c5n4)c3)c2)cc1. The smallest absolute Gasteiger partial charge is 0.164 e. The van der Waals surface area contributed by atoms with Crippen molar-refractivity contribution in [3.05, 3.63) is 212 Å². The van der Waals surface area contributed by atoms with Gasteiger partial charge in [0.15, 0.2) is 23.3 Å². The van der Waals surface area contributed by atoms with Crippen LogP contribution in [0.2, 0.25) is 0 Å². The van der Waals surface area contributed by atoms with Crippen molar-refractivity contribution < 1.29 is 0 Å². The second-order valence-electron chi connectivity index (χ2n) is 14.9. The first kappa shape index (κ1) is 36.2. The zero-order chi connectivity index (χ0) is 40.5. The van der Waals surface area contributed by atoms with Gasteiger partial charge in [0.1, 0.15) is 0 Å². The molecule has 8 aromatic carbocycles. The molecule has 0 atom stereocenters. The van der Waals surface area contributed by atoms with Crippen molar-refractivity contribution >= 4 is 31.6 Å². The fourth-order valence-electron chi connectivity index (χ4n) is 7.89. The molecule has 0 N–H and O–H groups in total. The molecular weight excluding hydrogens is 763 g/mol. The summed E-state index contributed by atoms with van der Waals surface area (Å²) in [7, 11) is 0. The first-order valence-corrected chi connectivity index (χ1v) is 21.1. The van der Waals surface area contributed by atoms with Crippen molar-refractivity contribution in [2.24, 2.45) is 0 Å². The van der Waals surface area contributed by atoms with Gasteiger partial charge in [0.2, 0.25) is 0 Å². The topological polar surface area (TPSA) is 64.5 Å². The van der Waals surface area contributed by atoms with Gasteiger partial charge in [-0.15, -0.1) is 11.3 Å². The van der Waals surface area contributed by atoms with Crippen LogP contribution in [0, 0.1) is 0 Å². The van der Waals surface area contributed by atoms with Gasteiger partial charge >= 0.3 is 0 Å². The number of hydrogen-bond acceptors (Lipinski definition) is 6. The van der Waals surface area contributed by atoms with E-state index in [1.807, 2.05) is 72.8 Å². The number of fused-ring (bicyclic) bond motifs is 3. The lowest BCUT2D eigenvalue weighted by atomic mass is 9.95. The Hall–Kier alpha value is -7.93. The van der Waals surface area contributed by atoms with E-state index in [-0.39, 0.29) is 0 Å². The third-order valence-corrected chi connectivity index (χ3v) is 12.1. The third kappa shape index (κ3) is 7.16. The Bertz CT molecular complexity index is 3290. The first-order valence-electron chi connectivity index (χ1n) is 20.2. The maximum Gasteiger partial charge on any atom is 0.164 e. The molecule has 3 heterocycles. The second kappa shape index (κ2) is 15.7. The van der Waals surface area contributed by atoms with Crippen molar-refractivity contribution in [2.45, 2.75) is 0 Å². The molecule has 11 aromatic rings. The molecular formula is C55H35N5S. The minimum absolute atomic E-state index is 0.563. The molecule has 286 valence electrons. The Morgan fingerprint density at radius 1 is 0.262 bits per heavy atom. The fourth-order valence-corrected chi connectivity index (χ4v) is 9.05. The van der Waals surface area contributed by atoms with E-state index in [1.54, 1.807) is 11.3 Å². The molecule has 0 saturated carbocycles. The molecule has 3 aromatic heterocycles. The van der Waals surface area contributed by atoms with Crippen LogP contribution in [0.5, 0.6) is 0 Å². The van der Waals surface area contributed by atoms with Gasteiger partial charge in [0.25, 0.3) is 0 Å². The minimum Gasteiger partial charge on any atom is -0.226 e. The maximum atomic E-state index is 5.48. The number of thiophene rings is 1. The van der Waals surface area contributed by atoms with Gasteiger partial charge < -0.3 is 0 Å². The molecule has 0 saturated heterocycles. The van der Waals surface area contributed by atoms with Crippen LogP contribution in [-0.4, -0.2) is 24.9 Å². The van der Waals surface area contributed by atoms with Gasteiger partial charge in [-0.05, 0) is 69.8 Å². The number of nitrogens with zero attached hydrogens (tertiary/aromatic N) is 5. The largest absolute Gasteiger partial charge is 0.226 e. The van der Waals surface area contributed by atoms with Gasteiger partial charge in [-0.3, -0.25) is 0 Å². The summed E-state index contributed by atoms with van der Waals surface area (Å²) in [5, 5.41) is 1.11. The van der Waals surface area contributed by atoms with E-state index in [0.29, 0.717) is 23.3 Å². The quantitative estimate of drug-likeness (QED) is 0.153. The normalized spacial score (nSPS) is 11.3. The summed E-state index contributed by atoms with van der Waals surface area (Å²) < 4.78 is 2.23. The van der Waals surface area contributed by atoms with Crippen molar-refractivity contribution in [3.63, 3.8) is 0 Å². The molecule has 0 aliphatic carbocycles. The van der Waals surface area contributed by atoms with Crippen molar-refractivity contribution in [3.8, 4) is 90.2 Å². The Balaban J connectivity index is 1.16. The molecule has 0 fully saturated rings. The molecule has 6 heteroatoms. The monoisotopic (exact) mass is 797 g/mol. The van der Waals surface area contributed by atoms with Gasteiger partial charge in [-0.25, -0.2) is 24.9 Å². The van der Waals surface area contributed by atoms with Crippen LogP contribution in [0.4, 0.5) is 0 Å². The highest BCUT2D eigenvalue weighted by atomic mass is 32.1. The van der Waals surface area contributed by atoms with Crippen molar-refractivity contribution in [1.82, 2.24) is 24.9 Å². The summed E-state index contributed by atoms with van der Waals surface area (Å²) in [6, 6.07) is 73.5. The van der Waals surface area contributed by atoms with Crippen LogP contribution in [0.15, 0.2) is 212 Å². The highest BCUT2D eigenvalue weighted by Crippen LogP contribution is 2.41. The summed E-state index contributed by atoms with van der Waals surface area (Å²) in [6.45, 7) is 0. The maximum absolute atomic E-state index is 5.48. The number of aromatic nitrogens is 5. The highest BCUT2D eigenvalue weighted by Gasteiger charge is 2.20. The van der Waals surface area contributed by atoms with E-state index in [1.165, 1.54) is 4.70 Å². The molecule has 0 unspecified atom stereocenters. The van der Waals surface area contributed by atoms with Crippen molar-refractivity contribution in [2.75, 3.05) is 0 Å². The summed E-state index contributed by atoms with van der Waals surface area (Å²) in [4.78, 5) is 26.2. The second-order valence-corrected chi connectivity index (χ2v) is 16.0. The summed E-state index contributed by atoms with van der Waals surface area (Å²) in [5.74, 6) is 2.39.